The van der Waals surface area contributed by atoms with Crippen molar-refractivity contribution in [3.63, 3.8) is 0 Å². The van der Waals surface area contributed by atoms with Crippen LogP contribution in [0.15, 0.2) is 0 Å². The van der Waals surface area contributed by atoms with Crippen LogP contribution in [0.1, 0.15) is 65.2 Å². The molecule has 0 aromatic rings. The molecule has 0 spiro atoms. The maximum atomic E-state index is 3.51. The molecule has 0 aromatic carbocycles. The highest BCUT2D eigenvalue weighted by atomic mass is 15.2. The molecule has 17 heavy (non-hydrogen) atoms. The molecule has 1 fully saturated rings. The molecule has 0 aromatic heterocycles. The monoisotopic (exact) mass is 240 g/mol. The molecule has 1 rings (SSSR count). The second-order valence-electron chi connectivity index (χ2n) is 5.72. The summed E-state index contributed by atoms with van der Waals surface area (Å²) < 4.78 is 0. The zero-order chi connectivity index (χ0) is 12.5. The molecule has 2 atom stereocenters. The molecule has 1 aliphatic heterocycles. The van der Waals surface area contributed by atoms with Gasteiger partial charge in [-0.25, -0.2) is 0 Å². The average Bonchev–Trinajstić information content (AvgIpc) is 2.38. The number of piperidine rings is 1. The Bertz CT molecular complexity index is 176. The van der Waals surface area contributed by atoms with Crippen LogP contribution in [0.3, 0.4) is 0 Å². The summed E-state index contributed by atoms with van der Waals surface area (Å²) in [5, 5.41) is 3.51. The average molecular weight is 240 g/mol. The van der Waals surface area contributed by atoms with Crippen molar-refractivity contribution in [2.45, 2.75) is 77.3 Å². The number of hydrogen-bond acceptors (Lipinski definition) is 2. The molecule has 0 aliphatic carbocycles. The third-order valence-corrected chi connectivity index (χ3v) is 4.27. The van der Waals surface area contributed by atoms with E-state index in [2.05, 4.69) is 31.1 Å². The smallest absolute Gasteiger partial charge is 0.0220 e. The van der Waals surface area contributed by atoms with Gasteiger partial charge in [-0.05, 0) is 39.8 Å². The van der Waals surface area contributed by atoms with Crippen LogP contribution in [0, 0.1) is 0 Å². The largest absolute Gasteiger partial charge is 0.315 e. The van der Waals surface area contributed by atoms with Gasteiger partial charge >= 0.3 is 0 Å². The summed E-state index contributed by atoms with van der Waals surface area (Å²) in [7, 11) is 2.31. The van der Waals surface area contributed by atoms with Gasteiger partial charge in [-0.3, -0.25) is 4.90 Å². The van der Waals surface area contributed by atoms with Crippen LogP contribution in [0.4, 0.5) is 0 Å². The number of likely N-dealkylation sites (N-methyl/N-ethyl adjacent to an activating group) is 1. The van der Waals surface area contributed by atoms with Gasteiger partial charge in [0, 0.05) is 18.6 Å². The van der Waals surface area contributed by atoms with Crippen molar-refractivity contribution in [2.24, 2.45) is 0 Å². The van der Waals surface area contributed by atoms with E-state index in [9.17, 15) is 0 Å². The predicted molar refractivity (Wildman–Crippen MR) is 76.5 cm³/mol. The third kappa shape index (κ3) is 5.87. The minimum atomic E-state index is 0.751. The van der Waals surface area contributed by atoms with Crippen molar-refractivity contribution in [3.8, 4) is 0 Å². The highest BCUT2D eigenvalue weighted by Gasteiger charge is 2.21. The number of hydrogen-bond donors (Lipinski definition) is 1. The van der Waals surface area contributed by atoms with Crippen molar-refractivity contribution in [2.75, 3.05) is 20.1 Å². The van der Waals surface area contributed by atoms with Crippen LogP contribution in [-0.4, -0.2) is 37.1 Å². The highest BCUT2D eigenvalue weighted by molar-refractivity contribution is 4.79. The summed E-state index contributed by atoms with van der Waals surface area (Å²) >= 11 is 0. The SMILES string of the molecule is CCCCCCCC(C)N(C)C1CCCNC1. The maximum Gasteiger partial charge on any atom is 0.0220 e. The van der Waals surface area contributed by atoms with Crippen LogP contribution in [-0.2, 0) is 0 Å². The van der Waals surface area contributed by atoms with Crippen molar-refractivity contribution >= 4 is 0 Å². The fraction of sp³-hybridized carbons (Fsp3) is 1.00. The summed E-state index contributed by atoms with van der Waals surface area (Å²) in [5.41, 5.74) is 0. The van der Waals surface area contributed by atoms with Crippen molar-refractivity contribution in [1.29, 1.82) is 0 Å². The Hall–Kier alpha value is -0.0800. The third-order valence-electron chi connectivity index (χ3n) is 4.27. The van der Waals surface area contributed by atoms with Crippen LogP contribution in [0.5, 0.6) is 0 Å². The Morgan fingerprint density at radius 2 is 2.00 bits per heavy atom. The minimum Gasteiger partial charge on any atom is -0.315 e. The van der Waals surface area contributed by atoms with Crippen LogP contribution in [0.2, 0.25) is 0 Å². The number of unbranched alkanes of at least 4 members (excludes halogenated alkanes) is 4. The maximum absolute atomic E-state index is 3.51. The molecule has 0 amide bonds. The first kappa shape index (κ1) is 15.0. The van der Waals surface area contributed by atoms with E-state index in [1.54, 1.807) is 0 Å². The Morgan fingerprint density at radius 1 is 1.24 bits per heavy atom. The first-order chi connectivity index (χ1) is 8.25. The molecule has 2 unspecified atom stereocenters. The second kappa shape index (κ2) is 8.93. The van der Waals surface area contributed by atoms with Gasteiger partial charge in [0.05, 0.1) is 0 Å². The number of nitrogens with zero attached hydrogens (tertiary/aromatic N) is 1. The topological polar surface area (TPSA) is 15.3 Å². The van der Waals surface area contributed by atoms with Gasteiger partial charge in [0.25, 0.3) is 0 Å². The van der Waals surface area contributed by atoms with E-state index in [1.165, 1.54) is 64.5 Å². The van der Waals surface area contributed by atoms with Gasteiger partial charge in [-0.1, -0.05) is 39.0 Å². The standard InChI is InChI=1S/C15H32N2/c1-4-5-6-7-8-10-14(2)17(3)15-11-9-12-16-13-15/h14-16H,4-13H2,1-3H3. The summed E-state index contributed by atoms with van der Waals surface area (Å²) in [5.74, 6) is 0. The quantitative estimate of drug-likeness (QED) is 0.654. The predicted octanol–water partition coefficient (Wildman–Crippen LogP) is 3.42. The summed E-state index contributed by atoms with van der Waals surface area (Å²) in [6.45, 7) is 7.09. The van der Waals surface area contributed by atoms with E-state index in [0.717, 1.165) is 12.1 Å². The highest BCUT2D eigenvalue weighted by Crippen LogP contribution is 2.16. The minimum absolute atomic E-state index is 0.751. The van der Waals surface area contributed by atoms with Crippen LogP contribution < -0.4 is 5.32 Å². The molecule has 1 saturated heterocycles. The van der Waals surface area contributed by atoms with Gasteiger partial charge in [0.15, 0.2) is 0 Å². The lowest BCUT2D eigenvalue weighted by molar-refractivity contribution is 0.147. The molecule has 1 N–H and O–H groups in total. The van der Waals surface area contributed by atoms with E-state index >= 15 is 0 Å². The lowest BCUT2D eigenvalue weighted by Crippen LogP contribution is -2.47. The molecule has 2 heteroatoms. The first-order valence-electron chi connectivity index (χ1n) is 7.68. The number of nitrogens with one attached hydrogen (secondary N) is 1. The van der Waals surface area contributed by atoms with Gasteiger partial charge in [-0.15, -0.1) is 0 Å². The molecule has 0 radical (unpaired) electrons. The zero-order valence-corrected chi connectivity index (χ0v) is 12.2. The Morgan fingerprint density at radius 3 is 2.65 bits per heavy atom. The Kier molecular flexibility index (Phi) is 7.87. The van der Waals surface area contributed by atoms with E-state index < -0.39 is 0 Å². The van der Waals surface area contributed by atoms with Gasteiger partial charge < -0.3 is 5.32 Å². The van der Waals surface area contributed by atoms with Gasteiger partial charge in [-0.2, -0.15) is 0 Å². The molecule has 0 bridgehead atoms. The van der Waals surface area contributed by atoms with E-state index in [-0.39, 0.29) is 0 Å². The zero-order valence-electron chi connectivity index (χ0n) is 12.2. The molecular formula is C15H32N2. The van der Waals surface area contributed by atoms with Crippen molar-refractivity contribution < 1.29 is 0 Å². The van der Waals surface area contributed by atoms with Crippen LogP contribution >= 0.6 is 0 Å². The molecule has 1 heterocycles. The molecular weight excluding hydrogens is 208 g/mol. The first-order valence-corrected chi connectivity index (χ1v) is 7.68. The molecule has 1 aliphatic rings. The molecule has 2 nitrogen and oxygen atoms in total. The summed E-state index contributed by atoms with van der Waals surface area (Å²) in [4.78, 5) is 2.60. The van der Waals surface area contributed by atoms with E-state index in [0.29, 0.717) is 0 Å². The van der Waals surface area contributed by atoms with E-state index in [1.807, 2.05) is 0 Å². The summed E-state index contributed by atoms with van der Waals surface area (Å²) in [6.07, 6.45) is 11.1. The van der Waals surface area contributed by atoms with Gasteiger partial charge in [0.2, 0.25) is 0 Å². The lowest BCUT2D eigenvalue weighted by Gasteiger charge is -2.36. The Labute approximate surface area is 108 Å². The van der Waals surface area contributed by atoms with Gasteiger partial charge in [0.1, 0.15) is 0 Å². The summed E-state index contributed by atoms with van der Waals surface area (Å²) in [6, 6.07) is 1.52. The number of rotatable bonds is 8. The molecule has 102 valence electrons. The molecule has 0 saturated carbocycles. The fourth-order valence-electron chi connectivity index (χ4n) is 2.79. The fourth-order valence-corrected chi connectivity index (χ4v) is 2.79. The van der Waals surface area contributed by atoms with Crippen molar-refractivity contribution in [1.82, 2.24) is 10.2 Å². The van der Waals surface area contributed by atoms with Crippen molar-refractivity contribution in [3.05, 3.63) is 0 Å². The van der Waals surface area contributed by atoms with E-state index in [4.69, 9.17) is 0 Å². The second-order valence-corrected chi connectivity index (χ2v) is 5.72. The Balaban J connectivity index is 2.10. The lowest BCUT2D eigenvalue weighted by atomic mass is 10.0. The normalized spacial score (nSPS) is 22.9. The van der Waals surface area contributed by atoms with Crippen LogP contribution in [0.25, 0.3) is 0 Å².